The van der Waals surface area contributed by atoms with Crippen LogP contribution in [0.15, 0.2) is 42.5 Å². The van der Waals surface area contributed by atoms with Gasteiger partial charge in [0.05, 0.1) is 13.1 Å². The van der Waals surface area contributed by atoms with Gasteiger partial charge in [-0.25, -0.2) is 0 Å². The molecule has 3 nitrogen and oxygen atoms in total. The first-order chi connectivity index (χ1) is 12.4. The molecular formula is C23H33N2O+. The quantitative estimate of drug-likeness (QED) is 0.694. The van der Waals surface area contributed by atoms with Crippen molar-refractivity contribution in [3.05, 3.63) is 70.3 Å². The number of likely N-dealkylation sites (N-methyl/N-ethyl adjacent to an activating group) is 1. The number of hydrogen-bond acceptors (Lipinski definition) is 2. The van der Waals surface area contributed by atoms with Crippen molar-refractivity contribution in [1.82, 2.24) is 0 Å². The molecule has 2 rings (SSSR count). The zero-order valence-corrected chi connectivity index (χ0v) is 16.7. The second-order valence-electron chi connectivity index (χ2n) is 7.40. The minimum atomic E-state index is 0.324. The van der Waals surface area contributed by atoms with Gasteiger partial charge in [0.25, 0.3) is 0 Å². The number of nitrogens with two attached hydrogens (primary N) is 1. The Labute approximate surface area is 158 Å². The molecule has 0 spiro atoms. The first-order valence-corrected chi connectivity index (χ1v) is 9.62. The van der Waals surface area contributed by atoms with E-state index in [2.05, 4.69) is 70.2 Å². The molecule has 0 saturated heterocycles. The van der Waals surface area contributed by atoms with E-state index in [4.69, 9.17) is 5.73 Å². The van der Waals surface area contributed by atoms with E-state index in [9.17, 15) is 4.79 Å². The predicted octanol–water partition coefficient (Wildman–Crippen LogP) is 3.93. The molecule has 2 N–H and O–H groups in total. The molecule has 0 atom stereocenters. The average Bonchev–Trinajstić information content (AvgIpc) is 2.65. The van der Waals surface area contributed by atoms with Gasteiger partial charge in [-0.1, -0.05) is 42.5 Å². The van der Waals surface area contributed by atoms with Crippen LogP contribution in [-0.2, 0) is 24.3 Å². The highest BCUT2D eigenvalue weighted by Crippen LogP contribution is 2.18. The van der Waals surface area contributed by atoms with Crippen LogP contribution in [-0.4, -0.2) is 29.9 Å². The summed E-state index contributed by atoms with van der Waals surface area (Å²) in [6.07, 6.45) is 0.532. The molecule has 0 aliphatic heterocycles. The van der Waals surface area contributed by atoms with Crippen LogP contribution in [0.25, 0.3) is 0 Å². The highest BCUT2D eigenvalue weighted by Gasteiger charge is 2.27. The molecule has 3 heteroatoms. The molecule has 140 valence electrons. The first kappa shape index (κ1) is 20.3. The van der Waals surface area contributed by atoms with E-state index in [1.807, 2.05) is 0 Å². The molecule has 26 heavy (non-hydrogen) atoms. The zero-order chi connectivity index (χ0) is 19.2. The van der Waals surface area contributed by atoms with Gasteiger partial charge in [-0.05, 0) is 49.9 Å². The standard InChI is InChI=1S/C23H33N2O/c1-5-25(6-2,16-21-12-10-20(15-24)11-13-21)17-22(26)14-23-18(3)8-7-9-19(23)4/h7-13H,5-6,14-17,24H2,1-4H3/q+1. The van der Waals surface area contributed by atoms with Crippen molar-refractivity contribution < 1.29 is 9.28 Å². The molecule has 0 radical (unpaired) electrons. The van der Waals surface area contributed by atoms with Crippen LogP contribution >= 0.6 is 0 Å². The Bertz CT molecular complexity index is 710. The molecule has 0 heterocycles. The molecule has 0 fully saturated rings. The van der Waals surface area contributed by atoms with Crippen molar-refractivity contribution in [2.45, 2.75) is 47.2 Å². The van der Waals surface area contributed by atoms with Gasteiger partial charge in [0, 0.05) is 18.5 Å². The Kier molecular flexibility index (Phi) is 7.13. The smallest absolute Gasteiger partial charge is 0.191 e. The highest BCUT2D eigenvalue weighted by molar-refractivity contribution is 5.82. The fraction of sp³-hybridized carbons (Fsp3) is 0.435. The number of ketones is 1. The second-order valence-corrected chi connectivity index (χ2v) is 7.40. The summed E-state index contributed by atoms with van der Waals surface area (Å²) < 4.78 is 0.797. The van der Waals surface area contributed by atoms with E-state index in [1.165, 1.54) is 22.3 Å². The predicted molar refractivity (Wildman–Crippen MR) is 109 cm³/mol. The lowest BCUT2D eigenvalue weighted by molar-refractivity contribution is -0.930. The van der Waals surface area contributed by atoms with Crippen molar-refractivity contribution in [3.63, 3.8) is 0 Å². The van der Waals surface area contributed by atoms with Gasteiger partial charge >= 0.3 is 0 Å². The summed E-state index contributed by atoms with van der Waals surface area (Å²) in [4.78, 5) is 12.9. The summed E-state index contributed by atoms with van der Waals surface area (Å²) in [5, 5.41) is 0. The van der Waals surface area contributed by atoms with Crippen LogP contribution < -0.4 is 5.73 Å². The SMILES string of the molecule is CC[N+](CC)(CC(=O)Cc1c(C)cccc1C)Cc1ccc(CN)cc1. The molecule has 2 aromatic rings. The summed E-state index contributed by atoms with van der Waals surface area (Å²) in [6, 6.07) is 14.7. The van der Waals surface area contributed by atoms with Gasteiger partial charge in [0.2, 0.25) is 0 Å². The number of hydrogen-bond donors (Lipinski definition) is 1. The van der Waals surface area contributed by atoms with Gasteiger partial charge in [-0.3, -0.25) is 4.79 Å². The summed E-state index contributed by atoms with van der Waals surface area (Å²) in [5.74, 6) is 0.324. The Hall–Kier alpha value is -1.97. The third-order valence-corrected chi connectivity index (χ3v) is 5.65. The number of aryl methyl sites for hydroxylation is 2. The van der Waals surface area contributed by atoms with Crippen molar-refractivity contribution >= 4 is 5.78 Å². The minimum absolute atomic E-state index is 0.324. The lowest BCUT2D eigenvalue weighted by atomic mass is 9.97. The van der Waals surface area contributed by atoms with Crippen LogP contribution in [0.2, 0.25) is 0 Å². The topological polar surface area (TPSA) is 43.1 Å². The monoisotopic (exact) mass is 353 g/mol. The van der Waals surface area contributed by atoms with Crippen LogP contribution in [0.5, 0.6) is 0 Å². The first-order valence-electron chi connectivity index (χ1n) is 9.62. The maximum absolute atomic E-state index is 12.9. The summed E-state index contributed by atoms with van der Waals surface area (Å²) >= 11 is 0. The van der Waals surface area contributed by atoms with Gasteiger partial charge in [-0.15, -0.1) is 0 Å². The van der Waals surface area contributed by atoms with E-state index >= 15 is 0 Å². The molecule has 0 unspecified atom stereocenters. The number of carbonyl (C=O) groups is 1. The molecule has 0 bridgehead atoms. The van der Waals surface area contributed by atoms with E-state index in [0.29, 0.717) is 25.3 Å². The van der Waals surface area contributed by atoms with Crippen LogP contribution in [0.4, 0.5) is 0 Å². The van der Waals surface area contributed by atoms with Gasteiger partial charge in [-0.2, -0.15) is 0 Å². The Balaban J connectivity index is 2.13. The third kappa shape index (κ3) is 5.03. The largest absolute Gasteiger partial charge is 0.326 e. The van der Waals surface area contributed by atoms with Crippen molar-refractivity contribution in [3.8, 4) is 0 Å². The van der Waals surface area contributed by atoms with Gasteiger partial charge in [0.1, 0.15) is 13.1 Å². The van der Waals surface area contributed by atoms with Crippen molar-refractivity contribution in [1.29, 1.82) is 0 Å². The van der Waals surface area contributed by atoms with Crippen LogP contribution in [0.1, 0.15) is 41.7 Å². The number of quaternary nitrogens is 1. The van der Waals surface area contributed by atoms with E-state index in [1.54, 1.807) is 0 Å². The summed E-state index contributed by atoms with van der Waals surface area (Å²) in [7, 11) is 0. The maximum Gasteiger partial charge on any atom is 0.191 e. The lowest BCUT2D eigenvalue weighted by Crippen LogP contribution is -2.50. The molecule has 0 amide bonds. The van der Waals surface area contributed by atoms with Gasteiger partial charge in [0.15, 0.2) is 5.78 Å². The molecule has 0 saturated carbocycles. The maximum atomic E-state index is 12.9. The average molecular weight is 354 g/mol. The van der Waals surface area contributed by atoms with Crippen LogP contribution in [0, 0.1) is 13.8 Å². The fourth-order valence-corrected chi connectivity index (χ4v) is 3.65. The van der Waals surface area contributed by atoms with E-state index < -0.39 is 0 Å². The molecular weight excluding hydrogens is 320 g/mol. The number of rotatable bonds is 9. The Morgan fingerprint density at radius 1 is 0.923 bits per heavy atom. The third-order valence-electron chi connectivity index (χ3n) is 5.65. The van der Waals surface area contributed by atoms with Gasteiger partial charge < -0.3 is 10.2 Å². The fourth-order valence-electron chi connectivity index (χ4n) is 3.65. The summed E-state index contributed by atoms with van der Waals surface area (Å²) in [6.45, 7) is 12.5. The molecule has 0 aromatic heterocycles. The number of Topliss-reactive ketones (excluding diaryl/α,β-unsaturated/α-hetero) is 1. The number of carbonyl (C=O) groups excluding carboxylic acids is 1. The zero-order valence-electron chi connectivity index (χ0n) is 16.7. The minimum Gasteiger partial charge on any atom is -0.326 e. The Morgan fingerprint density at radius 3 is 1.96 bits per heavy atom. The van der Waals surface area contributed by atoms with Crippen molar-refractivity contribution in [2.24, 2.45) is 5.73 Å². The summed E-state index contributed by atoms with van der Waals surface area (Å²) in [5.41, 5.74) is 11.7. The molecule has 0 aliphatic rings. The second kappa shape index (κ2) is 9.11. The normalized spacial score (nSPS) is 11.6. The van der Waals surface area contributed by atoms with E-state index in [0.717, 1.165) is 29.7 Å². The van der Waals surface area contributed by atoms with E-state index in [-0.39, 0.29) is 0 Å². The number of benzene rings is 2. The molecule has 0 aliphatic carbocycles. The Morgan fingerprint density at radius 2 is 1.46 bits per heavy atom. The number of nitrogens with zero attached hydrogens (tertiary/aromatic N) is 1. The highest BCUT2D eigenvalue weighted by atomic mass is 16.1. The molecule has 2 aromatic carbocycles. The lowest BCUT2D eigenvalue weighted by Gasteiger charge is -2.36. The van der Waals surface area contributed by atoms with Crippen LogP contribution in [0.3, 0.4) is 0 Å². The van der Waals surface area contributed by atoms with Crippen molar-refractivity contribution in [2.75, 3.05) is 19.6 Å².